The summed E-state index contributed by atoms with van der Waals surface area (Å²) in [6.45, 7) is 1.80. The second kappa shape index (κ2) is 6.06. The summed E-state index contributed by atoms with van der Waals surface area (Å²) in [6, 6.07) is 8.90. The highest BCUT2D eigenvalue weighted by molar-refractivity contribution is 5.76. The molecule has 1 N–H and O–H groups in total. The van der Waals surface area contributed by atoms with E-state index >= 15 is 0 Å². The lowest BCUT2D eigenvalue weighted by atomic mass is 9.96. The fourth-order valence-electron chi connectivity index (χ4n) is 2.62. The third-order valence-corrected chi connectivity index (χ3v) is 3.78. The van der Waals surface area contributed by atoms with Gasteiger partial charge >= 0.3 is 0 Å². The lowest BCUT2D eigenvalue weighted by molar-refractivity contribution is -0.128. The Bertz CT molecular complexity index is 445. The van der Waals surface area contributed by atoms with Crippen LogP contribution in [0, 0.1) is 0 Å². The molecule has 4 heteroatoms. The monoisotopic (exact) mass is 261 g/mol. The number of hydrogen-bond donors (Lipinski definition) is 1. The van der Waals surface area contributed by atoms with Crippen molar-refractivity contribution in [1.82, 2.24) is 10.2 Å². The topological polar surface area (TPSA) is 35.6 Å². The summed E-state index contributed by atoms with van der Waals surface area (Å²) in [4.78, 5) is 15.7. The second-order valence-electron chi connectivity index (χ2n) is 5.21. The summed E-state index contributed by atoms with van der Waals surface area (Å²) in [6.07, 6.45) is 1.66. The molecule has 4 nitrogen and oxygen atoms in total. The van der Waals surface area contributed by atoms with Gasteiger partial charge in [-0.15, -0.1) is 0 Å². The summed E-state index contributed by atoms with van der Waals surface area (Å²) in [5.41, 5.74) is 2.60. The first kappa shape index (κ1) is 13.9. The number of para-hydroxylation sites is 1. The van der Waals surface area contributed by atoms with Crippen LogP contribution in [-0.4, -0.2) is 45.0 Å². The molecule has 0 bridgehead atoms. The zero-order valence-electron chi connectivity index (χ0n) is 12.0. The quantitative estimate of drug-likeness (QED) is 0.895. The minimum atomic E-state index is 0.188. The van der Waals surface area contributed by atoms with Crippen molar-refractivity contribution in [2.45, 2.75) is 18.9 Å². The lowest BCUT2D eigenvalue weighted by Gasteiger charge is -2.35. The van der Waals surface area contributed by atoms with Crippen LogP contribution in [0.2, 0.25) is 0 Å². The summed E-state index contributed by atoms with van der Waals surface area (Å²) in [7, 11) is 5.62. The van der Waals surface area contributed by atoms with Gasteiger partial charge in [0, 0.05) is 45.3 Å². The predicted octanol–water partition coefficient (Wildman–Crippen LogP) is 1.64. The van der Waals surface area contributed by atoms with E-state index in [1.807, 2.05) is 21.1 Å². The molecule has 0 aliphatic carbocycles. The van der Waals surface area contributed by atoms with E-state index in [0.29, 0.717) is 12.5 Å². The SMILES string of the molecule is CNC1CCN(CCC(=O)N(C)C)c2ccccc21. The molecule has 1 heterocycles. The van der Waals surface area contributed by atoms with Crippen molar-refractivity contribution < 1.29 is 4.79 Å². The van der Waals surface area contributed by atoms with Crippen LogP contribution >= 0.6 is 0 Å². The molecular formula is C15H23N3O. The van der Waals surface area contributed by atoms with Crippen molar-refractivity contribution in [3.63, 3.8) is 0 Å². The lowest BCUT2D eigenvalue weighted by Crippen LogP contribution is -2.37. The first-order valence-corrected chi connectivity index (χ1v) is 6.84. The highest BCUT2D eigenvalue weighted by atomic mass is 16.2. The summed E-state index contributed by atoms with van der Waals surface area (Å²) >= 11 is 0. The number of benzene rings is 1. The Kier molecular flexibility index (Phi) is 4.43. The Morgan fingerprint density at radius 1 is 1.42 bits per heavy atom. The molecule has 1 aliphatic heterocycles. The standard InChI is InChI=1S/C15H23N3O/c1-16-13-8-10-18(11-9-15(19)17(2)3)14-7-5-4-6-12(13)14/h4-7,13,16H,8-11H2,1-3H3. The molecule has 104 valence electrons. The van der Waals surface area contributed by atoms with Crippen LogP contribution in [0.1, 0.15) is 24.4 Å². The first-order chi connectivity index (χ1) is 9.13. The van der Waals surface area contributed by atoms with Crippen LogP contribution in [-0.2, 0) is 4.79 Å². The van der Waals surface area contributed by atoms with E-state index in [1.54, 1.807) is 4.90 Å². The minimum Gasteiger partial charge on any atom is -0.371 e. The normalized spacial score (nSPS) is 18.1. The molecule has 19 heavy (non-hydrogen) atoms. The number of amides is 1. The Morgan fingerprint density at radius 3 is 2.84 bits per heavy atom. The van der Waals surface area contributed by atoms with Gasteiger partial charge in [-0.2, -0.15) is 0 Å². The van der Waals surface area contributed by atoms with E-state index in [9.17, 15) is 4.79 Å². The maximum absolute atomic E-state index is 11.7. The van der Waals surface area contributed by atoms with Crippen molar-refractivity contribution in [2.75, 3.05) is 39.1 Å². The van der Waals surface area contributed by atoms with Crippen LogP contribution in [0.3, 0.4) is 0 Å². The zero-order valence-corrected chi connectivity index (χ0v) is 12.0. The molecule has 2 rings (SSSR count). The Hall–Kier alpha value is -1.55. The zero-order chi connectivity index (χ0) is 13.8. The number of carbonyl (C=O) groups excluding carboxylic acids is 1. The Balaban J connectivity index is 2.09. The highest BCUT2D eigenvalue weighted by Crippen LogP contribution is 2.33. The Morgan fingerprint density at radius 2 is 2.16 bits per heavy atom. The summed E-state index contributed by atoms with van der Waals surface area (Å²) in [5, 5.41) is 3.36. The number of anilines is 1. The maximum Gasteiger partial charge on any atom is 0.223 e. The van der Waals surface area contributed by atoms with E-state index in [-0.39, 0.29) is 5.91 Å². The number of rotatable bonds is 4. The average Bonchev–Trinajstić information content (AvgIpc) is 2.44. The van der Waals surface area contributed by atoms with E-state index < -0.39 is 0 Å². The van der Waals surface area contributed by atoms with E-state index in [4.69, 9.17) is 0 Å². The number of carbonyl (C=O) groups is 1. The van der Waals surface area contributed by atoms with Gasteiger partial charge in [-0.05, 0) is 25.1 Å². The van der Waals surface area contributed by atoms with Crippen molar-refractivity contribution in [3.05, 3.63) is 29.8 Å². The van der Waals surface area contributed by atoms with E-state index in [0.717, 1.165) is 19.5 Å². The molecule has 0 fully saturated rings. The third kappa shape index (κ3) is 3.07. The molecule has 0 saturated carbocycles. The van der Waals surface area contributed by atoms with Gasteiger partial charge in [0.2, 0.25) is 5.91 Å². The fourth-order valence-corrected chi connectivity index (χ4v) is 2.62. The maximum atomic E-state index is 11.7. The number of hydrogen-bond acceptors (Lipinski definition) is 3. The van der Waals surface area contributed by atoms with Gasteiger partial charge in [0.25, 0.3) is 0 Å². The number of fused-ring (bicyclic) bond motifs is 1. The van der Waals surface area contributed by atoms with Gasteiger partial charge in [0.15, 0.2) is 0 Å². The molecule has 1 unspecified atom stereocenters. The van der Waals surface area contributed by atoms with Gasteiger partial charge < -0.3 is 15.1 Å². The molecule has 0 radical (unpaired) electrons. The van der Waals surface area contributed by atoms with Gasteiger partial charge in [0.1, 0.15) is 0 Å². The largest absolute Gasteiger partial charge is 0.371 e. The molecular weight excluding hydrogens is 238 g/mol. The van der Waals surface area contributed by atoms with Crippen molar-refractivity contribution in [1.29, 1.82) is 0 Å². The molecule has 0 aromatic heterocycles. The smallest absolute Gasteiger partial charge is 0.223 e. The molecule has 1 aromatic carbocycles. The molecule has 1 aromatic rings. The van der Waals surface area contributed by atoms with Gasteiger partial charge in [-0.3, -0.25) is 4.79 Å². The van der Waals surface area contributed by atoms with Crippen molar-refractivity contribution >= 4 is 11.6 Å². The summed E-state index contributed by atoms with van der Waals surface area (Å²) < 4.78 is 0. The van der Waals surface area contributed by atoms with Crippen LogP contribution in [0.5, 0.6) is 0 Å². The van der Waals surface area contributed by atoms with Crippen LogP contribution in [0.25, 0.3) is 0 Å². The van der Waals surface area contributed by atoms with E-state index in [2.05, 4.69) is 34.5 Å². The van der Waals surface area contributed by atoms with Gasteiger partial charge in [-0.25, -0.2) is 0 Å². The molecule has 0 spiro atoms. The second-order valence-corrected chi connectivity index (χ2v) is 5.21. The van der Waals surface area contributed by atoms with Gasteiger partial charge in [-0.1, -0.05) is 18.2 Å². The number of nitrogens with one attached hydrogen (secondary N) is 1. The van der Waals surface area contributed by atoms with Crippen LogP contribution in [0.15, 0.2) is 24.3 Å². The predicted molar refractivity (Wildman–Crippen MR) is 78.4 cm³/mol. The van der Waals surface area contributed by atoms with Gasteiger partial charge in [0.05, 0.1) is 0 Å². The molecule has 1 atom stereocenters. The number of nitrogens with zero attached hydrogens (tertiary/aromatic N) is 2. The summed E-state index contributed by atoms with van der Waals surface area (Å²) in [5.74, 6) is 0.188. The fraction of sp³-hybridized carbons (Fsp3) is 0.533. The van der Waals surface area contributed by atoms with Crippen molar-refractivity contribution in [2.24, 2.45) is 0 Å². The highest BCUT2D eigenvalue weighted by Gasteiger charge is 2.23. The first-order valence-electron chi connectivity index (χ1n) is 6.84. The average molecular weight is 261 g/mol. The molecule has 1 amide bonds. The van der Waals surface area contributed by atoms with Crippen molar-refractivity contribution in [3.8, 4) is 0 Å². The van der Waals surface area contributed by atoms with Crippen LogP contribution < -0.4 is 10.2 Å². The Labute approximate surface area is 115 Å². The molecule has 0 saturated heterocycles. The van der Waals surface area contributed by atoms with Crippen LogP contribution in [0.4, 0.5) is 5.69 Å². The molecule has 1 aliphatic rings. The minimum absolute atomic E-state index is 0.188. The van der Waals surface area contributed by atoms with E-state index in [1.165, 1.54) is 11.3 Å². The third-order valence-electron chi connectivity index (χ3n) is 3.78.